The fourth-order valence-electron chi connectivity index (χ4n) is 1.63. The monoisotopic (exact) mass is 275 g/mol. The maximum Gasteiger partial charge on any atom is 0.195 e. The van der Waals surface area contributed by atoms with Gasteiger partial charge >= 0.3 is 0 Å². The smallest absolute Gasteiger partial charge is 0.195 e. The molecule has 0 atom stereocenters. The summed E-state index contributed by atoms with van der Waals surface area (Å²) in [4.78, 5) is 6.53. The number of nitrogens with zero attached hydrogens (tertiary/aromatic N) is 3. The first-order chi connectivity index (χ1) is 8.88. The first-order valence-electron chi connectivity index (χ1n) is 5.24. The number of fused-ring (bicyclic) bond motifs is 1. The van der Waals surface area contributed by atoms with E-state index in [4.69, 9.17) is 5.21 Å². The lowest BCUT2D eigenvalue weighted by atomic mass is 10.4. The van der Waals surface area contributed by atoms with Crippen LogP contribution in [0.1, 0.15) is 5.69 Å². The highest BCUT2D eigenvalue weighted by Crippen LogP contribution is 2.30. The lowest BCUT2D eigenvalue weighted by Crippen LogP contribution is -1.89. The van der Waals surface area contributed by atoms with E-state index < -0.39 is 0 Å². The molecule has 0 spiro atoms. The topological polar surface area (TPSA) is 49.9 Å². The van der Waals surface area contributed by atoms with Crippen molar-refractivity contribution in [1.82, 2.24) is 9.38 Å². The van der Waals surface area contributed by atoms with Crippen LogP contribution in [0.25, 0.3) is 4.96 Å². The predicted octanol–water partition coefficient (Wildman–Crippen LogP) is 3.36. The largest absolute Gasteiger partial charge is 0.411 e. The van der Waals surface area contributed by atoms with Crippen LogP contribution >= 0.6 is 23.1 Å². The lowest BCUT2D eigenvalue weighted by Gasteiger charge is -1.98. The molecule has 0 aliphatic heterocycles. The molecule has 3 aromatic rings. The Morgan fingerprint density at radius 3 is 2.94 bits per heavy atom. The van der Waals surface area contributed by atoms with Gasteiger partial charge in [0, 0.05) is 16.5 Å². The molecule has 0 saturated carbocycles. The number of aromatic nitrogens is 2. The third-order valence-corrected chi connectivity index (χ3v) is 4.16. The lowest BCUT2D eigenvalue weighted by molar-refractivity contribution is 0.321. The zero-order chi connectivity index (χ0) is 12.4. The van der Waals surface area contributed by atoms with Crippen molar-refractivity contribution in [2.75, 3.05) is 0 Å². The Morgan fingerprint density at radius 1 is 1.33 bits per heavy atom. The standard InChI is InChI=1S/C12H9N3OS2/c16-13-8-10-11(14-12-15(10)6-7-17-12)18-9-4-2-1-3-5-9/h1-8,16H/b13-8-. The highest BCUT2D eigenvalue weighted by atomic mass is 32.2. The summed E-state index contributed by atoms with van der Waals surface area (Å²) in [5.74, 6) is 0. The van der Waals surface area contributed by atoms with Gasteiger partial charge in [-0.3, -0.25) is 4.40 Å². The fourth-order valence-corrected chi connectivity index (χ4v) is 3.31. The minimum Gasteiger partial charge on any atom is -0.411 e. The number of rotatable bonds is 3. The van der Waals surface area contributed by atoms with Crippen LogP contribution in [0.5, 0.6) is 0 Å². The molecule has 6 heteroatoms. The predicted molar refractivity (Wildman–Crippen MR) is 73.0 cm³/mol. The third-order valence-electron chi connectivity index (χ3n) is 2.40. The van der Waals surface area contributed by atoms with Gasteiger partial charge in [-0.2, -0.15) is 0 Å². The first-order valence-corrected chi connectivity index (χ1v) is 6.94. The molecule has 0 saturated heterocycles. The molecule has 1 N–H and O–H groups in total. The molecule has 3 rings (SSSR count). The van der Waals surface area contributed by atoms with E-state index in [1.807, 2.05) is 46.3 Å². The van der Waals surface area contributed by atoms with Crippen LogP contribution in [0.15, 0.2) is 57.0 Å². The third kappa shape index (κ3) is 2.00. The van der Waals surface area contributed by atoms with Crippen molar-refractivity contribution in [1.29, 1.82) is 0 Å². The van der Waals surface area contributed by atoms with Gasteiger partial charge in [0.2, 0.25) is 0 Å². The van der Waals surface area contributed by atoms with E-state index >= 15 is 0 Å². The van der Waals surface area contributed by atoms with Crippen LogP contribution in [0.3, 0.4) is 0 Å². The van der Waals surface area contributed by atoms with Crippen LogP contribution in [-0.2, 0) is 0 Å². The van der Waals surface area contributed by atoms with Gasteiger partial charge in [-0.05, 0) is 12.1 Å². The molecule has 0 amide bonds. The summed E-state index contributed by atoms with van der Waals surface area (Å²) < 4.78 is 1.91. The number of hydrogen-bond acceptors (Lipinski definition) is 5. The number of hydrogen-bond donors (Lipinski definition) is 1. The molecule has 90 valence electrons. The fraction of sp³-hybridized carbons (Fsp3) is 0. The molecule has 0 radical (unpaired) electrons. The van der Waals surface area contributed by atoms with Crippen molar-refractivity contribution in [3.05, 3.63) is 47.6 Å². The molecule has 2 heterocycles. The minimum absolute atomic E-state index is 0.794. The van der Waals surface area contributed by atoms with E-state index in [1.165, 1.54) is 6.21 Å². The molecule has 0 bridgehead atoms. The summed E-state index contributed by atoms with van der Waals surface area (Å²) >= 11 is 3.11. The average molecular weight is 275 g/mol. The van der Waals surface area contributed by atoms with Crippen molar-refractivity contribution in [2.24, 2.45) is 5.16 Å². The Labute approximate surface area is 112 Å². The van der Waals surface area contributed by atoms with Gasteiger partial charge in [-0.1, -0.05) is 35.1 Å². The van der Waals surface area contributed by atoms with E-state index in [9.17, 15) is 0 Å². The van der Waals surface area contributed by atoms with E-state index in [0.717, 1.165) is 20.6 Å². The van der Waals surface area contributed by atoms with Gasteiger partial charge < -0.3 is 5.21 Å². The molecule has 18 heavy (non-hydrogen) atoms. The summed E-state index contributed by atoms with van der Waals surface area (Å²) in [6.07, 6.45) is 3.33. The van der Waals surface area contributed by atoms with Gasteiger partial charge in [-0.25, -0.2) is 4.98 Å². The summed E-state index contributed by atoms with van der Waals surface area (Å²) in [5, 5.41) is 14.7. The van der Waals surface area contributed by atoms with Gasteiger partial charge in [0.05, 0.1) is 6.21 Å². The Balaban J connectivity index is 2.05. The van der Waals surface area contributed by atoms with E-state index in [0.29, 0.717) is 0 Å². The normalized spacial score (nSPS) is 11.6. The van der Waals surface area contributed by atoms with Gasteiger partial charge in [0.15, 0.2) is 4.96 Å². The number of imidazole rings is 1. The number of thiazole rings is 1. The zero-order valence-corrected chi connectivity index (χ0v) is 10.9. The van der Waals surface area contributed by atoms with Crippen molar-refractivity contribution in [2.45, 2.75) is 9.92 Å². The van der Waals surface area contributed by atoms with Gasteiger partial charge in [0.1, 0.15) is 10.7 Å². The molecule has 0 fully saturated rings. The second-order valence-electron chi connectivity index (χ2n) is 3.52. The number of benzene rings is 1. The summed E-state index contributed by atoms with van der Waals surface area (Å²) in [6, 6.07) is 10.0. The highest BCUT2D eigenvalue weighted by Gasteiger charge is 2.12. The van der Waals surface area contributed by atoms with Crippen molar-refractivity contribution in [3.8, 4) is 0 Å². The molecular formula is C12H9N3OS2. The summed E-state index contributed by atoms with van der Waals surface area (Å²) in [5.41, 5.74) is 0.794. The molecule has 4 nitrogen and oxygen atoms in total. The quantitative estimate of drug-likeness (QED) is 0.453. The van der Waals surface area contributed by atoms with E-state index in [2.05, 4.69) is 10.1 Å². The summed E-state index contributed by atoms with van der Waals surface area (Å²) in [7, 11) is 0. The van der Waals surface area contributed by atoms with Crippen LogP contribution in [0.2, 0.25) is 0 Å². The number of oxime groups is 1. The van der Waals surface area contributed by atoms with Crippen LogP contribution < -0.4 is 0 Å². The van der Waals surface area contributed by atoms with Gasteiger partial charge in [-0.15, -0.1) is 11.3 Å². The molecule has 2 aromatic heterocycles. The van der Waals surface area contributed by atoms with Crippen LogP contribution in [-0.4, -0.2) is 20.8 Å². The van der Waals surface area contributed by atoms with Crippen molar-refractivity contribution >= 4 is 34.3 Å². The zero-order valence-electron chi connectivity index (χ0n) is 9.22. The Hall–Kier alpha value is -1.79. The second-order valence-corrected chi connectivity index (χ2v) is 5.45. The maximum atomic E-state index is 8.75. The molecule has 0 aliphatic carbocycles. The van der Waals surface area contributed by atoms with E-state index in [1.54, 1.807) is 23.1 Å². The average Bonchev–Trinajstić information content (AvgIpc) is 2.95. The SMILES string of the molecule is O/N=C\c1c(Sc2ccccc2)nc2sccn12. The van der Waals surface area contributed by atoms with Gasteiger partial charge in [0.25, 0.3) is 0 Å². The molecule has 1 aromatic carbocycles. The molecule has 0 unspecified atom stereocenters. The highest BCUT2D eigenvalue weighted by molar-refractivity contribution is 7.99. The molecular weight excluding hydrogens is 266 g/mol. The summed E-state index contributed by atoms with van der Waals surface area (Å²) in [6.45, 7) is 0. The second kappa shape index (κ2) is 4.83. The van der Waals surface area contributed by atoms with Crippen LogP contribution in [0.4, 0.5) is 0 Å². The Bertz CT molecular complexity index is 688. The molecule has 0 aliphatic rings. The Morgan fingerprint density at radius 2 is 2.17 bits per heavy atom. The Kier molecular flexibility index (Phi) is 3.04. The van der Waals surface area contributed by atoms with Crippen molar-refractivity contribution in [3.63, 3.8) is 0 Å². The van der Waals surface area contributed by atoms with Crippen LogP contribution in [0, 0.1) is 0 Å². The maximum absolute atomic E-state index is 8.75. The van der Waals surface area contributed by atoms with Crippen molar-refractivity contribution < 1.29 is 5.21 Å². The minimum atomic E-state index is 0.794. The van der Waals surface area contributed by atoms with E-state index in [-0.39, 0.29) is 0 Å². The first kappa shape index (κ1) is 11.3.